The molecule has 37 heavy (non-hydrogen) atoms. The Morgan fingerprint density at radius 1 is 1.19 bits per heavy atom. The zero-order valence-electron chi connectivity index (χ0n) is 19.8. The van der Waals surface area contributed by atoms with E-state index in [0.717, 1.165) is 24.3 Å². The number of nitrogens with one attached hydrogen (secondary N) is 1. The number of nitrogens with two attached hydrogens (primary N) is 1. The molecule has 0 spiro atoms. The number of aromatic nitrogens is 2. The number of amides is 1. The number of hydrogen-bond donors (Lipinski definition) is 5. The number of benzene rings is 1. The molecule has 3 heterocycles. The second kappa shape index (κ2) is 10.8. The van der Waals surface area contributed by atoms with Gasteiger partial charge in [0.05, 0.1) is 35.8 Å². The number of carbonyl (C=O) groups is 1. The Labute approximate surface area is 210 Å². The van der Waals surface area contributed by atoms with Gasteiger partial charge in [0.25, 0.3) is 5.91 Å². The van der Waals surface area contributed by atoms with Gasteiger partial charge in [0, 0.05) is 31.2 Å². The number of piperidine rings is 1. The van der Waals surface area contributed by atoms with E-state index in [0.29, 0.717) is 24.5 Å². The summed E-state index contributed by atoms with van der Waals surface area (Å²) in [7, 11) is 0. The van der Waals surface area contributed by atoms with Gasteiger partial charge in [0.2, 0.25) is 0 Å². The monoisotopic (exact) mass is 517 g/mol. The predicted molar refractivity (Wildman–Crippen MR) is 129 cm³/mol. The van der Waals surface area contributed by atoms with Crippen molar-refractivity contribution in [3.05, 3.63) is 71.4 Å². The molecule has 4 atom stereocenters. The lowest BCUT2D eigenvalue weighted by molar-refractivity contribution is 0.0785. The first-order valence-electron chi connectivity index (χ1n) is 11.5. The van der Waals surface area contributed by atoms with Crippen LogP contribution in [0.2, 0.25) is 0 Å². The van der Waals surface area contributed by atoms with E-state index >= 15 is 0 Å². The minimum absolute atomic E-state index is 0.128. The summed E-state index contributed by atoms with van der Waals surface area (Å²) in [5, 5.41) is 31.5. The van der Waals surface area contributed by atoms with Crippen molar-refractivity contribution in [1.82, 2.24) is 9.97 Å². The van der Waals surface area contributed by atoms with Gasteiger partial charge in [0.15, 0.2) is 0 Å². The highest BCUT2D eigenvalue weighted by Crippen LogP contribution is 2.32. The van der Waals surface area contributed by atoms with Crippen LogP contribution in [0.15, 0.2) is 42.7 Å². The van der Waals surface area contributed by atoms with Crippen molar-refractivity contribution in [2.45, 2.75) is 25.2 Å². The molecule has 4 rings (SSSR count). The van der Waals surface area contributed by atoms with Crippen molar-refractivity contribution in [3.8, 4) is 11.3 Å². The molecular weight excluding hydrogens is 491 g/mol. The average molecular weight is 518 g/mol. The number of aliphatic hydroxyl groups excluding tert-OH is 3. The first-order chi connectivity index (χ1) is 17.6. The maximum atomic E-state index is 14.7. The smallest absolute Gasteiger partial charge is 0.274 e. The number of anilines is 2. The standard InChI is InChI=1S/C25H26F3N5O4/c1-12-9-33(10-17(29)24(12)36)20-4-5-30-8-19(20)32-25(37)18-3-2-14(26)23(31-18)22-15(27)6-13(7-16(22)28)21(35)11-34/h2-8,12,17,21,24,34-36H,9-11,29H2,1H3,(H,32,37). The van der Waals surface area contributed by atoms with Crippen molar-refractivity contribution in [2.75, 3.05) is 29.9 Å². The molecule has 12 heteroatoms. The van der Waals surface area contributed by atoms with E-state index in [9.17, 15) is 28.2 Å². The molecule has 1 fully saturated rings. The van der Waals surface area contributed by atoms with E-state index in [1.54, 1.807) is 6.07 Å². The van der Waals surface area contributed by atoms with Gasteiger partial charge >= 0.3 is 0 Å². The highest BCUT2D eigenvalue weighted by molar-refractivity contribution is 6.04. The third-order valence-corrected chi connectivity index (χ3v) is 6.29. The molecule has 9 nitrogen and oxygen atoms in total. The van der Waals surface area contributed by atoms with Gasteiger partial charge in [-0.05, 0) is 35.9 Å². The van der Waals surface area contributed by atoms with Gasteiger partial charge in [-0.2, -0.15) is 0 Å². The SMILES string of the molecule is CC1CN(c2ccncc2NC(=O)c2ccc(F)c(-c3c(F)cc(C(O)CO)cc3F)n2)CC(N)C1O. The lowest BCUT2D eigenvalue weighted by Crippen LogP contribution is -2.55. The number of carbonyl (C=O) groups excluding carboxylic acids is 1. The minimum Gasteiger partial charge on any atom is -0.393 e. The topological polar surface area (TPSA) is 145 Å². The number of nitrogens with zero attached hydrogens (tertiary/aromatic N) is 3. The lowest BCUT2D eigenvalue weighted by Gasteiger charge is -2.40. The number of rotatable bonds is 6. The van der Waals surface area contributed by atoms with Gasteiger partial charge in [-0.25, -0.2) is 18.2 Å². The van der Waals surface area contributed by atoms with E-state index in [2.05, 4.69) is 15.3 Å². The largest absolute Gasteiger partial charge is 0.393 e. The summed E-state index contributed by atoms with van der Waals surface area (Å²) in [6.45, 7) is 1.90. The van der Waals surface area contributed by atoms with Crippen LogP contribution in [0.5, 0.6) is 0 Å². The van der Waals surface area contributed by atoms with E-state index in [4.69, 9.17) is 10.8 Å². The van der Waals surface area contributed by atoms with Crippen molar-refractivity contribution in [2.24, 2.45) is 11.7 Å². The quantitative estimate of drug-likeness (QED) is 0.334. The minimum atomic E-state index is -1.53. The highest BCUT2D eigenvalue weighted by Gasteiger charge is 2.32. The molecule has 0 radical (unpaired) electrons. The van der Waals surface area contributed by atoms with Gasteiger partial charge in [-0.1, -0.05) is 6.92 Å². The summed E-state index contributed by atoms with van der Waals surface area (Å²) in [5.41, 5.74) is 4.84. The van der Waals surface area contributed by atoms with Crippen LogP contribution in [0.1, 0.15) is 29.1 Å². The Bertz CT molecular complexity index is 1280. The molecular formula is C25H26F3N5O4. The van der Waals surface area contributed by atoms with E-state index in [1.165, 1.54) is 12.4 Å². The Morgan fingerprint density at radius 2 is 1.89 bits per heavy atom. The molecule has 2 aromatic heterocycles. The first kappa shape index (κ1) is 26.5. The number of pyridine rings is 2. The molecule has 0 bridgehead atoms. The van der Waals surface area contributed by atoms with Crippen LogP contribution in [-0.4, -0.2) is 63.0 Å². The molecule has 1 amide bonds. The van der Waals surface area contributed by atoms with Crippen LogP contribution in [0.25, 0.3) is 11.3 Å². The number of hydrogen-bond acceptors (Lipinski definition) is 8. The van der Waals surface area contributed by atoms with E-state index in [1.807, 2.05) is 11.8 Å². The van der Waals surface area contributed by atoms with Crippen molar-refractivity contribution in [1.29, 1.82) is 0 Å². The summed E-state index contributed by atoms with van der Waals surface area (Å²) in [4.78, 5) is 22.8. The highest BCUT2D eigenvalue weighted by atomic mass is 19.1. The Morgan fingerprint density at radius 3 is 2.54 bits per heavy atom. The second-order valence-electron chi connectivity index (χ2n) is 8.97. The van der Waals surface area contributed by atoms with Gasteiger partial charge < -0.3 is 31.3 Å². The predicted octanol–water partition coefficient (Wildman–Crippen LogP) is 1.98. The normalized spacial score (nSPS) is 20.5. The third-order valence-electron chi connectivity index (χ3n) is 6.29. The Kier molecular flexibility index (Phi) is 7.73. The fourth-order valence-corrected chi connectivity index (χ4v) is 4.32. The van der Waals surface area contributed by atoms with Crippen LogP contribution >= 0.6 is 0 Å². The average Bonchev–Trinajstić information content (AvgIpc) is 2.87. The van der Waals surface area contributed by atoms with Gasteiger partial charge in [0.1, 0.15) is 34.9 Å². The van der Waals surface area contributed by atoms with Crippen molar-refractivity contribution < 1.29 is 33.3 Å². The summed E-state index contributed by atoms with van der Waals surface area (Å²) < 4.78 is 44.0. The summed E-state index contributed by atoms with van der Waals surface area (Å²) in [5.74, 6) is -4.42. The molecule has 1 aliphatic heterocycles. The molecule has 1 saturated heterocycles. The number of halogens is 3. The molecule has 4 unspecified atom stereocenters. The third kappa shape index (κ3) is 5.42. The fourth-order valence-electron chi connectivity index (χ4n) is 4.32. The first-order valence-corrected chi connectivity index (χ1v) is 11.5. The van der Waals surface area contributed by atoms with Crippen molar-refractivity contribution in [3.63, 3.8) is 0 Å². The van der Waals surface area contributed by atoms with Crippen molar-refractivity contribution >= 4 is 17.3 Å². The summed E-state index contributed by atoms with van der Waals surface area (Å²) in [6.07, 6.45) is 0.745. The maximum absolute atomic E-state index is 14.7. The Hall–Kier alpha value is -3.58. The number of aliphatic hydroxyl groups is 3. The van der Waals surface area contributed by atoms with Crippen LogP contribution in [0.3, 0.4) is 0 Å². The molecule has 0 saturated carbocycles. The molecule has 1 aromatic carbocycles. The molecule has 1 aliphatic rings. The molecule has 196 valence electrons. The van der Waals surface area contributed by atoms with Crippen LogP contribution in [0, 0.1) is 23.4 Å². The van der Waals surface area contributed by atoms with Crippen LogP contribution in [0.4, 0.5) is 24.5 Å². The lowest BCUT2D eigenvalue weighted by atomic mass is 9.92. The summed E-state index contributed by atoms with van der Waals surface area (Å²) in [6, 6.07) is 4.62. The molecule has 0 aliphatic carbocycles. The van der Waals surface area contributed by atoms with E-state index in [-0.39, 0.29) is 17.2 Å². The molecule has 6 N–H and O–H groups in total. The molecule has 3 aromatic rings. The fraction of sp³-hybridized carbons (Fsp3) is 0.320. The van der Waals surface area contributed by atoms with E-state index < -0.39 is 59.5 Å². The Balaban J connectivity index is 1.63. The van der Waals surface area contributed by atoms with Gasteiger partial charge in [-0.3, -0.25) is 9.78 Å². The summed E-state index contributed by atoms with van der Waals surface area (Å²) >= 11 is 0. The zero-order valence-corrected chi connectivity index (χ0v) is 19.8. The van der Waals surface area contributed by atoms with Crippen LogP contribution in [-0.2, 0) is 0 Å². The van der Waals surface area contributed by atoms with Crippen LogP contribution < -0.4 is 16.0 Å². The second-order valence-corrected chi connectivity index (χ2v) is 8.97. The maximum Gasteiger partial charge on any atom is 0.274 e. The zero-order chi connectivity index (χ0) is 26.9. The van der Waals surface area contributed by atoms with Gasteiger partial charge in [-0.15, -0.1) is 0 Å².